The predicted molar refractivity (Wildman–Crippen MR) is 88.5 cm³/mol. The summed E-state index contributed by atoms with van der Waals surface area (Å²) in [5.74, 6) is 0.107. The SMILES string of the molecule is Cc1cc(NC(=O)CN(c2cc(Cl)ccc2Cl)S(C)(=O)=O)no1. The van der Waals surface area contributed by atoms with Crippen LogP contribution in [-0.4, -0.2) is 32.3 Å². The Bertz CT molecular complexity index is 835. The zero-order chi connectivity index (χ0) is 17.2. The molecule has 1 N–H and O–H groups in total. The van der Waals surface area contributed by atoms with Crippen molar-refractivity contribution in [1.82, 2.24) is 5.16 Å². The summed E-state index contributed by atoms with van der Waals surface area (Å²) >= 11 is 11.9. The van der Waals surface area contributed by atoms with E-state index in [9.17, 15) is 13.2 Å². The van der Waals surface area contributed by atoms with E-state index in [2.05, 4.69) is 10.5 Å². The van der Waals surface area contributed by atoms with Crippen molar-refractivity contribution in [2.24, 2.45) is 0 Å². The van der Waals surface area contributed by atoms with Gasteiger partial charge in [0, 0.05) is 11.1 Å². The number of benzene rings is 1. The molecule has 0 aliphatic rings. The lowest BCUT2D eigenvalue weighted by Crippen LogP contribution is -2.37. The highest BCUT2D eigenvalue weighted by atomic mass is 35.5. The Morgan fingerprint density at radius 3 is 2.61 bits per heavy atom. The van der Waals surface area contributed by atoms with Crippen LogP contribution in [0.4, 0.5) is 11.5 Å². The Morgan fingerprint density at radius 1 is 1.35 bits per heavy atom. The second-order valence-corrected chi connectivity index (χ2v) is 7.49. The third kappa shape index (κ3) is 4.60. The molecule has 0 atom stereocenters. The van der Waals surface area contributed by atoms with Crippen LogP contribution in [0, 0.1) is 6.92 Å². The predicted octanol–water partition coefficient (Wildman–Crippen LogP) is 2.69. The number of aryl methyl sites for hydroxylation is 1. The second-order valence-electron chi connectivity index (χ2n) is 4.74. The van der Waals surface area contributed by atoms with E-state index in [1.165, 1.54) is 24.3 Å². The number of nitrogens with zero attached hydrogens (tertiary/aromatic N) is 2. The summed E-state index contributed by atoms with van der Waals surface area (Å²) in [4.78, 5) is 12.1. The highest BCUT2D eigenvalue weighted by molar-refractivity contribution is 7.92. The molecule has 0 bridgehead atoms. The Hall–Kier alpha value is -1.77. The molecule has 0 aliphatic heterocycles. The van der Waals surface area contributed by atoms with Gasteiger partial charge in [0.15, 0.2) is 5.82 Å². The molecule has 0 aliphatic carbocycles. The van der Waals surface area contributed by atoms with Gasteiger partial charge in [-0.2, -0.15) is 0 Å². The number of hydrogen-bond acceptors (Lipinski definition) is 5. The molecule has 0 unspecified atom stereocenters. The molecule has 0 fully saturated rings. The number of hydrogen-bond donors (Lipinski definition) is 1. The number of carbonyl (C=O) groups excluding carboxylic acids is 1. The Balaban J connectivity index is 2.26. The van der Waals surface area contributed by atoms with Crippen molar-refractivity contribution in [3.63, 3.8) is 0 Å². The van der Waals surface area contributed by atoms with Gasteiger partial charge in [0.05, 0.1) is 17.0 Å². The monoisotopic (exact) mass is 377 g/mol. The van der Waals surface area contributed by atoms with Crippen LogP contribution in [-0.2, 0) is 14.8 Å². The quantitative estimate of drug-likeness (QED) is 0.864. The molecule has 2 rings (SSSR count). The van der Waals surface area contributed by atoms with Crippen molar-refractivity contribution >= 4 is 50.6 Å². The van der Waals surface area contributed by atoms with Crippen molar-refractivity contribution in [3.05, 3.63) is 40.1 Å². The van der Waals surface area contributed by atoms with Crippen LogP contribution in [0.1, 0.15) is 5.76 Å². The zero-order valence-electron chi connectivity index (χ0n) is 12.2. The molecule has 124 valence electrons. The van der Waals surface area contributed by atoms with Crippen LogP contribution < -0.4 is 9.62 Å². The molecule has 1 amide bonds. The Labute approximate surface area is 143 Å². The smallest absolute Gasteiger partial charge is 0.246 e. The van der Waals surface area contributed by atoms with Crippen molar-refractivity contribution in [2.75, 3.05) is 22.4 Å². The van der Waals surface area contributed by atoms with Gasteiger partial charge in [-0.1, -0.05) is 28.4 Å². The van der Waals surface area contributed by atoms with E-state index in [1.807, 2.05) is 0 Å². The third-order valence-corrected chi connectivity index (χ3v) is 4.44. The standard InChI is InChI=1S/C13H13Cl2N3O4S/c1-8-5-12(17-22-8)16-13(19)7-18(23(2,20)21)11-6-9(14)3-4-10(11)15/h3-6H,7H2,1-2H3,(H,16,17,19). The maximum absolute atomic E-state index is 12.1. The highest BCUT2D eigenvalue weighted by Gasteiger charge is 2.23. The van der Waals surface area contributed by atoms with E-state index in [4.69, 9.17) is 27.7 Å². The van der Waals surface area contributed by atoms with Gasteiger partial charge in [0.1, 0.15) is 12.3 Å². The first kappa shape index (κ1) is 17.6. The topological polar surface area (TPSA) is 92.5 Å². The van der Waals surface area contributed by atoms with Crippen molar-refractivity contribution in [2.45, 2.75) is 6.92 Å². The molecule has 0 saturated carbocycles. The lowest BCUT2D eigenvalue weighted by atomic mass is 10.3. The maximum atomic E-state index is 12.1. The summed E-state index contributed by atoms with van der Waals surface area (Å²) in [5.41, 5.74) is 0.119. The van der Waals surface area contributed by atoms with Crippen LogP contribution in [0.3, 0.4) is 0 Å². The highest BCUT2D eigenvalue weighted by Crippen LogP contribution is 2.30. The normalized spacial score (nSPS) is 11.3. The molecule has 1 aromatic carbocycles. The van der Waals surface area contributed by atoms with Crippen molar-refractivity contribution in [3.8, 4) is 0 Å². The summed E-state index contributed by atoms with van der Waals surface area (Å²) in [5, 5.41) is 6.50. The fourth-order valence-corrected chi connectivity index (χ4v) is 3.09. The molecule has 7 nitrogen and oxygen atoms in total. The molecular weight excluding hydrogens is 365 g/mol. The van der Waals surface area contributed by atoms with Gasteiger partial charge in [-0.3, -0.25) is 9.10 Å². The first-order chi connectivity index (χ1) is 10.7. The summed E-state index contributed by atoms with van der Waals surface area (Å²) in [6.07, 6.45) is 0.970. The molecule has 1 aromatic heterocycles. The molecule has 23 heavy (non-hydrogen) atoms. The average molecular weight is 378 g/mol. The fourth-order valence-electron chi connectivity index (χ4n) is 1.80. The van der Waals surface area contributed by atoms with Gasteiger partial charge in [-0.25, -0.2) is 8.42 Å². The number of carbonyl (C=O) groups is 1. The van der Waals surface area contributed by atoms with Crippen LogP contribution in [0.25, 0.3) is 0 Å². The molecule has 0 radical (unpaired) electrons. The first-order valence-electron chi connectivity index (χ1n) is 6.33. The van der Waals surface area contributed by atoms with E-state index in [0.717, 1.165) is 10.6 Å². The maximum Gasteiger partial charge on any atom is 0.246 e. The number of aromatic nitrogens is 1. The lowest BCUT2D eigenvalue weighted by molar-refractivity contribution is -0.114. The van der Waals surface area contributed by atoms with Gasteiger partial charge in [-0.05, 0) is 25.1 Å². The molecule has 0 spiro atoms. The van der Waals surface area contributed by atoms with Gasteiger partial charge in [-0.15, -0.1) is 0 Å². The molecular formula is C13H13Cl2N3O4S. The largest absolute Gasteiger partial charge is 0.360 e. The minimum atomic E-state index is -3.75. The van der Waals surface area contributed by atoms with Gasteiger partial charge in [0.2, 0.25) is 15.9 Å². The summed E-state index contributed by atoms with van der Waals surface area (Å²) in [7, 11) is -3.75. The van der Waals surface area contributed by atoms with Crippen LogP contribution in [0.5, 0.6) is 0 Å². The van der Waals surface area contributed by atoms with E-state index < -0.39 is 22.5 Å². The number of amides is 1. The Kier molecular flexibility index (Phi) is 5.18. The van der Waals surface area contributed by atoms with E-state index in [0.29, 0.717) is 10.8 Å². The Morgan fingerprint density at radius 2 is 2.04 bits per heavy atom. The molecule has 10 heteroatoms. The molecule has 1 heterocycles. The van der Waals surface area contributed by atoms with E-state index in [-0.39, 0.29) is 16.5 Å². The summed E-state index contributed by atoms with van der Waals surface area (Å²) < 4.78 is 29.7. The van der Waals surface area contributed by atoms with E-state index >= 15 is 0 Å². The van der Waals surface area contributed by atoms with Crippen LogP contribution >= 0.6 is 23.2 Å². The number of sulfonamides is 1. The number of halogens is 2. The van der Waals surface area contributed by atoms with Gasteiger partial charge < -0.3 is 9.84 Å². The first-order valence-corrected chi connectivity index (χ1v) is 8.93. The summed E-state index contributed by atoms with van der Waals surface area (Å²) in [6, 6.07) is 5.86. The third-order valence-electron chi connectivity index (χ3n) is 2.76. The minimum Gasteiger partial charge on any atom is -0.360 e. The number of rotatable bonds is 5. The number of anilines is 2. The molecule has 0 saturated heterocycles. The van der Waals surface area contributed by atoms with Crippen molar-refractivity contribution in [1.29, 1.82) is 0 Å². The van der Waals surface area contributed by atoms with Gasteiger partial charge >= 0.3 is 0 Å². The van der Waals surface area contributed by atoms with Crippen LogP contribution in [0.2, 0.25) is 10.0 Å². The average Bonchev–Trinajstić information content (AvgIpc) is 2.83. The number of nitrogens with one attached hydrogen (secondary N) is 1. The fraction of sp³-hybridized carbons (Fsp3) is 0.231. The molecule has 2 aromatic rings. The minimum absolute atomic E-state index is 0.119. The van der Waals surface area contributed by atoms with E-state index in [1.54, 1.807) is 6.92 Å². The van der Waals surface area contributed by atoms with Crippen molar-refractivity contribution < 1.29 is 17.7 Å². The van der Waals surface area contributed by atoms with Crippen LogP contribution in [0.15, 0.2) is 28.8 Å². The lowest BCUT2D eigenvalue weighted by Gasteiger charge is -2.22. The second kappa shape index (κ2) is 6.77. The van der Waals surface area contributed by atoms with Gasteiger partial charge in [0.25, 0.3) is 0 Å². The summed E-state index contributed by atoms with van der Waals surface area (Å²) in [6.45, 7) is 1.18. The zero-order valence-corrected chi connectivity index (χ0v) is 14.5.